The van der Waals surface area contributed by atoms with E-state index in [9.17, 15) is 8.42 Å². The highest BCUT2D eigenvalue weighted by atomic mass is 35.5. The van der Waals surface area contributed by atoms with Crippen LogP contribution in [0.2, 0.25) is 5.02 Å². The molecule has 1 aromatic carbocycles. The first kappa shape index (κ1) is 15.0. The Morgan fingerprint density at radius 3 is 2.50 bits per heavy atom. The van der Waals surface area contributed by atoms with Crippen LogP contribution in [-0.4, -0.2) is 20.7 Å². The SMILES string of the molecule is CC[C@H](CNS(=O)(=O)CC#N)c1ccc(Cl)cc1. The van der Waals surface area contributed by atoms with Gasteiger partial charge in [-0.15, -0.1) is 0 Å². The second-order valence-corrected chi connectivity index (χ2v) is 6.17. The maximum Gasteiger partial charge on any atom is 0.225 e. The molecule has 1 atom stereocenters. The van der Waals surface area contributed by atoms with Gasteiger partial charge in [-0.2, -0.15) is 5.26 Å². The molecule has 1 rings (SSSR count). The Morgan fingerprint density at radius 1 is 1.39 bits per heavy atom. The van der Waals surface area contributed by atoms with Crippen LogP contribution in [-0.2, 0) is 10.0 Å². The van der Waals surface area contributed by atoms with Crippen LogP contribution in [0.5, 0.6) is 0 Å². The molecule has 1 aromatic rings. The summed E-state index contributed by atoms with van der Waals surface area (Å²) in [4.78, 5) is 0. The van der Waals surface area contributed by atoms with Crippen LogP contribution in [0.15, 0.2) is 24.3 Å². The van der Waals surface area contributed by atoms with Crippen LogP contribution in [0, 0.1) is 11.3 Å². The van der Waals surface area contributed by atoms with Crippen molar-refractivity contribution in [1.29, 1.82) is 5.26 Å². The third-order valence-corrected chi connectivity index (χ3v) is 4.01. The molecule has 0 saturated heterocycles. The monoisotopic (exact) mass is 286 g/mol. The fourth-order valence-corrected chi connectivity index (χ4v) is 2.45. The Kier molecular flexibility index (Phi) is 5.60. The summed E-state index contributed by atoms with van der Waals surface area (Å²) in [5.74, 6) is -0.430. The zero-order valence-electron chi connectivity index (χ0n) is 10.1. The van der Waals surface area contributed by atoms with Gasteiger partial charge in [0.25, 0.3) is 0 Å². The van der Waals surface area contributed by atoms with E-state index in [4.69, 9.17) is 16.9 Å². The topological polar surface area (TPSA) is 70.0 Å². The number of hydrogen-bond acceptors (Lipinski definition) is 3. The molecule has 0 radical (unpaired) electrons. The summed E-state index contributed by atoms with van der Waals surface area (Å²) in [6, 6.07) is 8.96. The van der Waals surface area contributed by atoms with Gasteiger partial charge in [0.2, 0.25) is 10.0 Å². The van der Waals surface area contributed by atoms with Gasteiger partial charge in [0.15, 0.2) is 5.75 Å². The molecular formula is C12H15ClN2O2S. The first-order valence-electron chi connectivity index (χ1n) is 5.58. The van der Waals surface area contributed by atoms with Gasteiger partial charge in [-0.05, 0) is 30.0 Å². The summed E-state index contributed by atoms with van der Waals surface area (Å²) < 4.78 is 25.2. The van der Waals surface area contributed by atoms with Crippen molar-refractivity contribution >= 4 is 21.6 Å². The Morgan fingerprint density at radius 2 is 2.00 bits per heavy atom. The minimum absolute atomic E-state index is 0.0794. The van der Waals surface area contributed by atoms with Crippen LogP contribution in [0.25, 0.3) is 0 Å². The number of sulfonamides is 1. The molecule has 0 saturated carbocycles. The van der Waals surface area contributed by atoms with Gasteiger partial charge in [0.1, 0.15) is 0 Å². The lowest BCUT2D eigenvalue weighted by Crippen LogP contribution is -2.30. The van der Waals surface area contributed by atoms with Gasteiger partial charge in [0, 0.05) is 11.6 Å². The Bertz CT molecular complexity index is 520. The predicted molar refractivity (Wildman–Crippen MR) is 71.9 cm³/mol. The molecule has 0 amide bonds. The van der Waals surface area contributed by atoms with E-state index in [1.165, 1.54) is 0 Å². The van der Waals surface area contributed by atoms with Crippen LogP contribution >= 0.6 is 11.6 Å². The number of hydrogen-bond donors (Lipinski definition) is 1. The Labute approximate surface area is 113 Å². The number of halogens is 1. The van der Waals surface area contributed by atoms with Crippen molar-refractivity contribution in [3.8, 4) is 6.07 Å². The zero-order valence-corrected chi connectivity index (χ0v) is 11.6. The van der Waals surface area contributed by atoms with E-state index in [2.05, 4.69) is 4.72 Å². The largest absolute Gasteiger partial charge is 0.225 e. The third-order valence-electron chi connectivity index (χ3n) is 2.64. The van der Waals surface area contributed by atoms with Crippen LogP contribution in [0.1, 0.15) is 24.8 Å². The Balaban J connectivity index is 2.69. The molecule has 0 fully saturated rings. The molecule has 0 aliphatic heterocycles. The number of benzene rings is 1. The normalized spacial score (nSPS) is 12.9. The lowest BCUT2D eigenvalue weighted by molar-refractivity contribution is 0.569. The molecule has 4 nitrogen and oxygen atoms in total. The summed E-state index contributed by atoms with van der Waals surface area (Å²) in [7, 11) is -3.49. The molecule has 0 bridgehead atoms. The maximum absolute atomic E-state index is 11.4. The molecule has 18 heavy (non-hydrogen) atoms. The lowest BCUT2D eigenvalue weighted by atomic mass is 9.97. The molecular weight excluding hydrogens is 272 g/mol. The second kappa shape index (κ2) is 6.74. The highest BCUT2D eigenvalue weighted by Crippen LogP contribution is 2.20. The molecule has 0 aliphatic carbocycles. The number of nitrogens with zero attached hydrogens (tertiary/aromatic N) is 1. The summed E-state index contributed by atoms with van der Waals surface area (Å²) >= 11 is 5.80. The van der Waals surface area contributed by atoms with Gasteiger partial charge in [-0.25, -0.2) is 13.1 Å². The zero-order chi connectivity index (χ0) is 13.6. The second-order valence-electron chi connectivity index (χ2n) is 3.92. The van der Waals surface area contributed by atoms with E-state index in [0.717, 1.165) is 12.0 Å². The first-order chi connectivity index (χ1) is 8.48. The van der Waals surface area contributed by atoms with Crippen molar-refractivity contribution in [3.63, 3.8) is 0 Å². The molecule has 0 heterocycles. The number of rotatable bonds is 6. The van der Waals surface area contributed by atoms with Gasteiger partial charge in [-0.1, -0.05) is 30.7 Å². The van der Waals surface area contributed by atoms with Crippen molar-refractivity contribution in [3.05, 3.63) is 34.9 Å². The van der Waals surface area contributed by atoms with Crippen LogP contribution in [0.4, 0.5) is 0 Å². The fourth-order valence-electron chi connectivity index (χ4n) is 1.60. The van der Waals surface area contributed by atoms with Crippen molar-refractivity contribution in [2.24, 2.45) is 0 Å². The minimum atomic E-state index is -3.49. The predicted octanol–water partition coefficient (Wildman–Crippen LogP) is 2.28. The summed E-state index contributed by atoms with van der Waals surface area (Å²) in [6.07, 6.45) is 0.802. The third kappa shape index (κ3) is 4.65. The number of nitrogens with one attached hydrogen (secondary N) is 1. The average molecular weight is 287 g/mol. The van der Waals surface area contributed by atoms with Gasteiger partial charge < -0.3 is 0 Å². The lowest BCUT2D eigenvalue weighted by Gasteiger charge is -2.15. The standard InChI is InChI=1S/C12H15ClN2O2S/c1-2-10(9-15-18(16,17)8-7-14)11-3-5-12(13)6-4-11/h3-6,10,15H,2,8-9H2,1H3/t10-/m1/s1. The van der Waals surface area contributed by atoms with E-state index in [0.29, 0.717) is 11.6 Å². The van der Waals surface area contributed by atoms with Crippen molar-refractivity contribution < 1.29 is 8.42 Å². The molecule has 0 spiro atoms. The summed E-state index contributed by atoms with van der Waals surface area (Å²) in [5.41, 5.74) is 1.03. The minimum Gasteiger partial charge on any atom is -0.214 e. The maximum atomic E-state index is 11.4. The van der Waals surface area contributed by atoms with Crippen molar-refractivity contribution in [1.82, 2.24) is 4.72 Å². The average Bonchev–Trinajstić information content (AvgIpc) is 2.32. The van der Waals surface area contributed by atoms with Gasteiger partial charge in [-0.3, -0.25) is 0 Å². The molecule has 0 aromatic heterocycles. The van der Waals surface area contributed by atoms with E-state index >= 15 is 0 Å². The first-order valence-corrected chi connectivity index (χ1v) is 7.61. The van der Waals surface area contributed by atoms with E-state index in [-0.39, 0.29) is 5.92 Å². The van der Waals surface area contributed by atoms with E-state index in [1.807, 2.05) is 19.1 Å². The van der Waals surface area contributed by atoms with E-state index in [1.54, 1.807) is 18.2 Å². The fraction of sp³-hybridized carbons (Fsp3) is 0.417. The van der Waals surface area contributed by atoms with Crippen molar-refractivity contribution in [2.75, 3.05) is 12.3 Å². The molecule has 6 heteroatoms. The van der Waals surface area contributed by atoms with Crippen LogP contribution in [0.3, 0.4) is 0 Å². The molecule has 1 N–H and O–H groups in total. The summed E-state index contributed by atoms with van der Waals surface area (Å²) in [6.45, 7) is 2.28. The van der Waals surface area contributed by atoms with Crippen LogP contribution < -0.4 is 4.72 Å². The Hall–Kier alpha value is -1.09. The van der Waals surface area contributed by atoms with E-state index < -0.39 is 15.8 Å². The highest BCUT2D eigenvalue weighted by Gasteiger charge is 2.14. The van der Waals surface area contributed by atoms with Crippen molar-refractivity contribution in [2.45, 2.75) is 19.3 Å². The van der Waals surface area contributed by atoms with Gasteiger partial charge in [0.05, 0.1) is 6.07 Å². The number of nitriles is 1. The molecule has 98 valence electrons. The quantitative estimate of drug-likeness (QED) is 0.872. The molecule has 0 unspecified atom stereocenters. The highest BCUT2D eigenvalue weighted by molar-refractivity contribution is 7.89. The summed E-state index contributed by atoms with van der Waals surface area (Å²) in [5, 5.41) is 9.04. The van der Waals surface area contributed by atoms with Gasteiger partial charge >= 0.3 is 0 Å². The molecule has 0 aliphatic rings. The smallest absolute Gasteiger partial charge is 0.214 e.